The van der Waals surface area contributed by atoms with Gasteiger partial charge in [0, 0.05) is 36.2 Å². The molecule has 0 atom stereocenters. The van der Waals surface area contributed by atoms with E-state index >= 15 is 0 Å². The molecule has 1 heterocycles. The van der Waals surface area contributed by atoms with Crippen molar-refractivity contribution in [3.63, 3.8) is 0 Å². The first-order chi connectivity index (χ1) is 9.20. The Morgan fingerprint density at radius 3 is 2.75 bits per heavy atom. The molecule has 0 aromatic heterocycles. The topological polar surface area (TPSA) is 27.6 Å². The van der Waals surface area contributed by atoms with Crippen LogP contribution in [0.15, 0.2) is 27.7 Å². The van der Waals surface area contributed by atoms with Crippen LogP contribution in [-0.4, -0.2) is 37.5 Å². The molecule has 1 saturated heterocycles. The molecule has 1 aromatic carbocycles. The Balaban J connectivity index is 0.00000200. The molecular weight excluding hydrogens is 452 g/mol. The summed E-state index contributed by atoms with van der Waals surface area (Å²) < 4.78 is 1.11. The number of hydrogen-bond donors (Lipinski definition) is 1. The highest BCUT2D eigenvalue weighted by Crippen LogP contribution is 2.21. The fraction of sp³-hybridized carbons (Fsp3) is 0.500. The summed E-state index contributed by atoms with van der Waals surface area (Å²) in [6.07, 6.45) is 3.45. The molecule has 0 aliphatic carbocycles. The highest BCUT2D eigenvalue weighted by Gasteiger charge is 2.15. The number of likely N-dealkylation sites (tertiary alicyclic amines) is 1. The lowest BCUT2D eigenvalue weighted by atomic mass is 10.1. The van der Waals surface area contributed by atoms with Crippen molar-refractivity contribution >= 4 is 57.5 Å². The standard InChI is InChI=1S/C14H19BrClN3.HI/c1-17-14(19-8-2-3-9-19)18-7-6-11-10-12(16)4-5-13(11)15;/h4-5,10H,2-3,6-9H2,1H3,(H,17,18);1H. The molecule has 112 valence electrons. The molecule has 1 aromatic rings. The zero-order chi connectivity index (χ0) is 13.7. The molecule has 6 heteroatoms. The highest BCUT2D eigenvalue weighted by atomic mass is 127. The molecular formula is C14H20BrClIN3. The lowest BCUT2D eigenvalue weighted by Crippen LogP contribution is -2.40. The lowest BCUT2D eigenvalue weighted by molar-refractivity contribution is 0.494. The largest absolute Gasteiger partial charge is 0.356 e. The number of halogens is 3. The van der Waals surface area contributed by atoms with E-state index in [1.807, 2.05) is 25.2 Å². The molecule has 0 radical (unpaired) electrons. The SMILES string of the molecule is CN=C(NCCc1cc(Cl)ccc1Br)N1CCCC1.I. The van der Waals surface area contributed by atoms with Crippen molar-refractivity contribution < 1.29 is 0 Å². The van der Waals surface area contributed by atoms with Gasteiger partial charge in [0.25, 0.3) is 0 Å². The maximum absolute atomic E-state index is 6.02. The van der Waals surface area contributed by atoms with Crippen molar-refractivity contribution in [1.82, 2.24) is 10.2 Å². The van der Waals surface area contributed by atoms with E-state index in [0.29, 0.717) is 0 Å². The molecule has 0 unspecified atom stereocenters. The average molecular weight is 473 g/mol. The lowest BCUT2D eigenvalue weighted by Gasteiger charge is -2.20. The van der Waals surface area contributed by atoms with Crippen LogP contribution in [0.5, 0.6) is 0 Å². The van der Waals surface area contributed by atoms with Gasteiger partial charge in [-0.25, -0.2) is 0 Å². The van der Waals surface area contributed by atoms with Crippen molar-refractivity contribution in [2.24, 2.45) is 4.99 Å². The number of hydrogen-bond acceptors (Lipinski definition) is 1. The van der Waals surface area contributed by atoms with E-state index in [-0.39, 0.29) is 24.0 Å². The number of rotatable bonds is 3. The van der Waals surface area contributed by atoms with Gasteiger partial charge in [0.1, 0.15) is 0 Å². The molecule has 1 aliphatic rings. The van der Waals surface area contributed by atoms with Gasteiger partial charge in [-0.3, -0.25) is 4.99 Å². The van der Waals surface area contributed by atoms with Crippen LogP contribution in [0.1, 0.15) is 18.4 Å². The van der Waals surface area contributed by atoms with Crippen LogP contribution in [-0.2, 0) is 6.42 Å². The van der Waals surface area contributed by atoms with Crippen LogP contribution in [0.25, 0.3) is 0 Å². The van der Waals surface area contributed by atoms with Crippen molar-refractivity contribution in [2.45, 2.75) is 19.3 Å². The summed E-state index contributed by atoms with van der Waals surface area (Å²) in [5, 5.41) is 4.20. The predicted octanol–water partition coefficient (Wildman–Crippen LogP) is 3.93. The molecule has 0 bridgehead atoms. The summed E-state index contributed by atoms with van der Waals surface area (Å²) >= 11 is 9.57. The van der Waals surface area contributed by atoms with E-state index in [4.69, 9.17) is 11.6 Å². The van der Waals surface area contributed by atoms with E-state index in [1.165, 1.54) is 18.4 Å². The van der Waals surface area contributed by atoms with Gasteiger partial charge in [-0.15, -0.1) is 24.0 Å². The molecule has 3 nitrogen and oxygen atoms in total. The van der Waals surface area contributed by atoms with Crippen LogP contribution in [0.3, 0.4) is 0 Å². The summed E-state index contributed by atoms with van der Waals surface area (Å²) in [4.78, 5) is 6.65. The van der Waals surface area contributed by atoms with Gasteiger partial charge in [-0.05, 0) is 43.0 Å². The van der Waals surface area contributed by atoms with E-state index in [0.717, 1.165) is 41.5 Å². The Labute approximate surface area is 151 Å². The minimum absolute atomic E-state index is 0. The summed E-state index contributed by atoms with van der Waals surface area (Å²) in [7, 11) is 1.84. The second kappa shape index (κ2) is 9.10. The molecule has 0 spiro atoms. The average Bonchev–Trinajstić information content (AvgIpc) is 2.92. The fourth-order valence-corrected chi connectivity index (χ4v) is 2.94. The Morgan fingerprint density at radius 1 is 1.40 bits per heavy atom. The van der Waals surface area contributed by atoms with Crippen molar-refractivity contribution in [1.29, 1.82) is 0 Å². The Kier molecular flexibility index (Phi) is 8.21. The zero-order valence-electron chi connectivity index (χ0n) is 11.5. The van der Waals surface area contributed by atoms with E-state index in [9.17, 15) is 0 Å². The number of nitrogens with zero attached hydrogens (tertiary/aromatic N) is 2. The first-order valence-electron chi connectivity index (χ1n) is 6.60. The maximum atomic E-state index is 6.02. The van der Waals surface area contributed by atoms with Crippen molar-refractivity contribution in [3.05, 3.63) is 33.3 Å². The molecule has 1 N–H and O–H groups in total. The van der Waals surface area contributed by atoms with E-state index in [1.54, 1.807) is 0 Å². The van der Waals surface area contributed by atoms with Gasteiger partial charge in [0.2, 0.25) is 0 Å². The fourth-order valence-electron chi connectivity index (χ4n) is 2.31. The highest BCUT2D eigenvalue weighted by molar-refractivity contribution is 14.0. The Bertz CT molecular complexity index is 462. The number of benzene rings is 1. The van der Waals surface area contributed by atoms with E-state index in [2.05, 4.69) is 31.1 Å². The number of guanidine groups is 1. The van der Waals surface area contributed by atoms with E-state index < -0.39 is 0 Å². The molecule has 0 amide bonds. The van der Waals surface area contributed by atoms with Gasteiger partial charge < -0.3 is 10.2 Å². The first kappa shape index (κ1) is 18.0. The van der Waals surface area contributed by atoms with Crippen LogP contribution in [0, 0.1) is 0 Å². The van der Waals surface area contributed by atoms with Gasteiger partial charge in [0.05, 0.1) is 0 Å². The monoisotopic (exact) mass is 471 g/mol. The molecule has 2 rings (SSSR count). The van der Waals surface area contributed by atoms with Crippen LogP contribution in [0.2, 0.25) is 5.02 Å². The quantitative estimate of drug-likeness (QED) is 0.410. The number of aliphatic imine (C=N–C) groups is 1. The predicted molar refractivity (Wildman–Crippen MR) is 100 cm³/mol. The normalized spacial score (nSPS) is 15.2. The molecule has 1 fully saturated rings. The third-order valence-corrected chi connectivity index (χ3v) is 4.31. The van der Waals surface area contributed by atoms with Gasteiger partial charge in [-0.1, -0.05) is 27.5 Å². The van der Waals surface area contributed by atoms with Crippen molar-refractivity contribution in [2.75, 3.05) is 26.7 Å². The molecule has 1 aliphatic heterocycles. The summed E-state index contributed by atoms with van der Waals surface area (Å²) in [6.45, 7) is 3.09. The Morgan fingerprint density at radius 2 is 2.10 bits per heavy atom. The van der Waals surface area contributed by atoms with Gasteiger partial charge >= 0.3 is 0 Å². The van der Waals surface area contributed by atoms with Gasteiger partial charge in [-0.2, -0.15) is 0 Å². The minimum atomic E-state index is 0. The number of nitrogens with one attached hydrogen (secondary N) is 1. The summed E-state index contributed by atoms with van der Waals surface area (Å²) in [5.74, 6) is 1.01. The zero-order valence-corrected chi connectivity index (χ0v) is 16.2. The molecule has 20 heavy (non-hydrogen) atoms. The minimum Gasteiger partial charge on any atom is -0.356 e. The molecule has 0 saturated carbocycles. The third kappa shape index (κ3) is 5.07. The third-order valence-electron chi connectivity index (χ3n) is 3.30. The second-order valence-electron chi connectivity index (χ2n) is 4.65. The summed E-state index contributed by atoms with van der Waals surface area (Å²) in [5.41, 5.74) is 1.22. The summed E-state index contributed by atoms with van der Waals surface area (Å²) in [6, 6.07) is 5.89. The van der Waals surface area contributed by atoms with Crippen LogP contribution < -0.4 is 5.32 Å². The second-order valence-corrected chi connectivity index (χ2v) is 5.94. The van der Waals surface area contributed by atoms with Crippen molar-refractivity contribution in [3.8, 4) is 0 Å². The van der Waals surface area contributed by atoms with Crippen LogP contribution >= 0.6 is 51.5 Å². The van der Waals surface area contributed by atoms with Crippen LogP contribution in [0.4, 0.5) is 0 Å². The maximum Gasteiger partial charge on any atom is 0.193 e. The Hall–Kier alpha value is -0.0100. The smallest absolute Gasteiger partial charge is 0.193 e. The first-order valence-corrected chi connectivity index (χ1v) is 7.77. The van der Waals surface area contributed by atoms with Gasteiger partial charge in [0.15, 0.2) is 5.96 Å².